The van der Waals surface area contributed by atoms with Crippen LogP contribution in [0, 0.1) is 16.0 Å². The third-order valence-electron chi connectivity index (χ3n) is 4.38. The summed E-state index contributed by atoms with van der Waals surface area (Å²) < 4.78 is 0. The van der Waals surface area contributed by atoms with Gasteiger partial charge in [-0.3, -0.25) is 19.7 Å². The number of nitrogens with two attached hydrogens (primary N) is 1. The average Bonchev–Trinajstić information content (AvgIpc) is 2.91. The summed E-state index contributed by atoms with van der Waals surface area (Å²) in [5, 5.41) is 14.3. The van der Waals surface area contributed by atoms with Gasteiger partial charge in [0.25, 0.3) is 17.5 Å². The van der Waals surface area contributed by atoms with Crippen LogP contribution in [-0.4, -0.2) is 16.7 Å². The molecule has 3 N–H and O–H groups in total. The van der Waals surface area contributed by atoms with Gasteiger partial charge >= 0.3 is 0 Å². The fraction of sp³-hybridized carbons (Fsp3) is 0.294. The average molecular weight is 394 g/mol. The monoisotopic (exact) mass is 393 g/mol. The fourth-order valence-electron chi connectivity index (χ4n) is 3.13. The SMILES string of the molecule is C[C@@H]1CCc2sc(NC(=O)c3cc(Cl)ccc3[N+](=O)[O-])c(C(N)=O)c2C1. The number of nitro groups is 1. The van der Waals surface area contributed by atoms with Crippen LogP contribution in [0.4, 0.5) is 10.7 Å². The summed E-state index contributed by atoms with van der Waals surface area (Å²) in [6, 6.07) is 3.75. The van der Waals surface area contributed by atoms with Crippen LogP contribution in [-0.2, 0) is 12.8 Å². The Bertz CT molecular complexity index is 925. The van der Waals surface area contributed by atoms with Crippen molar-refractivity contribution in [1.82, 2.24) is 0 Å². The van der Waals surface area contributed by atoms with Crippen LogP contribution in [0.3, 0.4) is 0 Å². The largest absolute Gasteiger partial charge is 0.365 e. The molecule has 1 atom stereocenters. The van der Waals surface area contributed by atoms with Gasteiger partial charge in [-0.05, 0) is 42.9 Å². The summed E-state index contributed by atoms with van der Waals surface area (Å²) in [5.74, 6) is -0.895. The van der Waals surface area contributed by atoms with E-state index in [-0.39, 0.29) is 16.3 Å². The van der Waals surface area contributed by atoms with E-state index in [4.69, 9.17) is 17.3 Å². The van der Waals surface area contributed by atoms with Crippen LogP contribution < -0.4 is 11.1 Å². The summed E-state index contributed by atoms with van der Waals surface area (Å²) in [7, 11) is 0. The first-order valence-corrected chi connectivity index (χ1v) is 9.17. The van der Waals surface area contributed by atoms with Gasteiger partial charge in [0.2, 0.25) is 0 Å². The molecule has 0 saturated heterocycles. The highest BCUT2D eigenvalue weighted by atomic mass is 35.5. The number of rotatable bonds is 4. The van der Waals surface area contributed by atoms with Crippen LogP contribution in [0.1, 0.15) is 44.5 Å². The van der Waals surface area contributed by atoms with Crippen molar-refractivity contribution in [3.63, 3.8) is 0 Å². The van der Waals surface area contributed by atoms with Crippen molar-refractivity contribution in [3.05, 3.63) is 54.9 Å². The number of fused-ring (bicyclic) bond motifs is 1. The Labute approximate surface area is 158 Å². The number of benzene rings is 1. The quantitative estimate of drug-likeness (QED) is 0.607. The molecular formula is C17H16ClN3O4S. The van der Waals surface area contributed by atoms with Gasteiger partial charge in [0.05, 0.1) is 10.5 Å². The molecule has 0 bridgehead atoms. The maximum absolute atomic E-state index is 12.6. The van der Waals surface area contributed by atoms with E-state index in [1.807, 2.05) is 0 Å². The molecule has 0 aliphatic heterocycles. The third kappa shape index (κ3) is 3.42. The molecule has 136 valence electrons. The smallest absolute Gasteiger partial charge is 0.282 e. The first-order valence-electron chi connectivity index (χ1n) is 7.97. The summed E-state index contributed by atoms with van der Waals surface area (Å²) in [4.78, 5) is 36.1. The van der Waals surface area contributed by atoms with Crippen molar-refractivity contribution in [2.45, 2.75) is 26.2 Å². The van der Waals surface area contributed by atoms with Gasteiger partial charge in [-0.25, -0.2) is 0 Å². The Hall–Kier alpha value is -2.45. The van der Waals surface area contributed by atoms with Crippen LogP contribution in [0.25, 0.3) is 0 Å². The van der Waals surface area contributed by atoms with Gasteiger partial charge in [0.15, 0.2) is 0 Å². The van der Waals surface area contributed by atoms with Crippen LogP contribution >= 0.6 is 22.9 Å². The van der Waals surface area contributed by atoms with Crippen molar-refractivity contribution in [2.24, 2.45) is 11.7 Å². The summed E-state index contributed by atoms with van der Waals surface area (Å²) in [6.07, 6.45) is 2.53. The zero-order valence-electron chi connectivity index (χ0n) is 13.9. The summed E-state index contributed by atoms with van der Waals surface area (Å²) in [6.45, 7) is 2.10. The number of thiophene rings is 1. The van der Waals surface area contributed by atoms with Gasteiger partial charge in [0, 0.05) is 16.0 Å². The predicted octanol–water partition coefficient (Wildman–Crippen LogP) is 3.79. The van der Waals surface area contributed by atoms with Crippen LogP contribution in [0.2, 0.25) is 5.02 Å². The molecule has 3 rings (SSSR count). The number of carbonyl (C=O) groups excluding carboxylic acids is 2. The molecule has 2 amide bonds. The lowest BCUT2D eigenvalue weighted by atomic mass is 9.87. The Morgan fingerprint density at radius 2 is 2.15 bits per heavy atom. The Kier molecular flexibility index (Phi) is 4.97. The van der Waals surface area contributed by atoms with E-state index >= 15 is 0 Å². The third-order valence-corrected chi connectivity index (χ3v) is 5.82. The lowest BCUT2D eigenvalue weighted by molar-refractivity contribution is -0.385. The predicted molar refractivity (Wildman–Crippen MR) is 100 cm³/mol. The molecule has 0 saturated carbocycles. The Morgan fingerprint density at radius 1 is 1.42 bits per heavy atom. The molecule has 2 aromatic rings. The van der Waals surface area contributed by atoms with E-state index in [0.29, 0.717) is 16.5 Å². The highest BCUT2D eigenvalue weighted by molar-refractivity contribution is 7.17. The maximum atomic E-state index is 12.6. The zero-order chi connectivity index (χ0) is 19.0. The highest BCUT2D eigenvalue weighted by Gasteiger charge is 2.29. The molecule has 1 aromatic heterocycles. The van der Waals surface area contributed by atoms with Crippen LogP contribution in [0.5, 0.6) is 0 Å². The van der Waals surface area contributed by atoms with E-state index in [1.54, 1.807) is 0 Å². The number of nitrogens with zero attached hydrogens (tertiary/aromatic N) is 1. The van der Waals surface area contributed by atoms with Crippen molar-refractivity contribution >= 4 is 45.4 Å². The molecule has 0 unspecified atom stereocenters. The van der Waals surface area contributed by atoms with Gasteiger partial charge in [-0.2, -0.15) is 0 Å². The lowest BCUT2D eigenvalue weighted by Gasteiger charge is -2.18. The first-order chi connectivity index (χ1) is 12.3. The second-order valence-electron chi connectivity index (χ2n) is 6.29. The van der Waals surface area contributed by atoms with Crippen LogP contribution in [0.15, 0.2) is 18.2 Å². The molecule has 7 nitrogen and oxygen atoms in total. The molecular weight excluding hydrogens is 378 g/mol. The number of anilines is 1. The lowest BCUT2D eigenvalue weighted by Crippen LogP contribution is -2.20. The molecule has 9 heteroatoms. The summed E-state index contributed by atoms with van der Waals surface area (Å²) in [5.41, 5.74) is 6.18. The minimum atomic E-state index is -0.701. The van der Waals surface area contributed by atoms with E-state index in [2.05, 4.69) is 12.2 Å². The highest BCUT2D eigenvalue weighted by Crippen LogP contribution is 2.39. The van der Waals surface area contributed by atoms with Crippen molar-refractivity contribution in [2.75, 3.05) is 5.32 Å². The minimum absolute atomic E-state index is 0.169. The first kappa shape index (κ1) is 18.3. The number of amides is 2. The van der Waals surface area contributed by atoms with Gasteiger partial charge in [0.1, 0.15) is 10.6 Å². The standard InChI is InChI=1S/C17H16ClN3O4S/c1-8-2-5-13-11(6-8)14(15(19)22)17(26-13)20-16(23)10-7-9(18)3-4-12(10)21(24)25/h3-4,7-8H,2,5-6H2,1H3,(H2,19,22)(H,20,23)/t8-/m1/s1. The molecule has 1 heterocycles. The molecule has 1 aromatic carbocycles. The van der Waals surface area contributed by atoms with Crippen molar-refractivity contribution in [1.29, 1.82) is 0 Å². The van der Waals surface area contributed by atoms with Gasteiger partial charge in [-0.15, -0.1) is 11.3 Å². The second-order valence-corrected chi connectivity index (χ2v) is 7.83. The Morgan fingerprint density at radius 3 is 2.81 bits per heavy atom. The molecule has 26 heavy (non-hydrogen) atoms. The Balaban J connectivity index is 2.00. The molecule has 0 radical (unpaired) electrons. The molecule has 0 spiro atoms. The van der Waals surface area contributed by atoms with E-state index in [9.17, 15) is 19.7 Å². The number of halogens is 1. The number of hydrogen-bond acceptors (Lipinski definition) is 5. The van der Waals surface area contributed by atoms with Crippen molar-refractivity contribution in [3.8, 4) is 0 Å². The van der Waals surface area contributed by atoms with Crippen molar-refractivity contribution < 1.29 is 14.5 Å². The van der Waals surface area contributed by atoms with Gasteiger partial charge in [-0.1, -0.05) is 18.5 Å². The number of nitrogens with one attached hydrogen (secondary N) is 1. The maximum Gasteiger partial charge on any atom is 0.282 e. The second kappa shape index (κ2) is 7.05. The minimum Gasteiger partial charge on any atom is -0.365 e. The molecule has 1 aliphatic rings. The number of primary amides is 1. The molecule has 1 aliphatic carbocycles. The van der Waals surface area contributed by atoms with E-state index in [0.717, 1.165) is 29.7 Å². The van der Waals surface area contributed by atoms with E-state index < -0.39 is 16.7 Å². The number of nitro benzene ring substituents is 1. The van der Waals surface area contributed by atoms with Gasteiger partial charge < -0.3 is 11.1 Å². The molecule has 0 fully saturated rings. The number of carbonyl (C=O) groups is 2. The van der Waals surface area contributed by atoms with E-state index in [1.165, 1.54) is 29.5 Å². The number of hydrogen-bond donors (Lipinski definition) is 2. The fourth-order valence-corrected chi connectivity index (χ4v) is 4.54. The normalized spacial score (nSPS) is 16.0. The number of aryl methyl sites for hydroxylation is 1. The topological polar surface area (TPSA) is 115 Å². The zero-order valence-corrected chi connectivity index (χ0v) is 15.4. The summed E-state index contributed by atoms with van der Waals surface area (Å²) >= 11 is 7.17.